The maximum Gasteiger partial charge on any atom is 0.416 e. The third kappa shape index (κ3) is 2.70. The molecule has 0 aliphatic heterocycles. The number of rotatable bonds is 3. The molecule has 0 radical (unpaired) electrons. The van der Waals surface area contributed by atoms with Crippen molar-refractivity contribution in [1.29, 1.82) is 0 Å². The Morgan fingerprint density at radius 3 is 2.50 bits per heavy atom. The summed E-state index contributed by atoms with van der Waals surface area (Å²) in [6.45, 7) is -0.149. The predicted molar refractivity (Wildman–Crippen MR) is 50.3 cm³/mol. The van der Waals surface area contributed by atoms with Crippen molar-refractivity contribution in [3.05, 3.63) is 35.1 Å². The highest BCUT2D eigenvalue weighted by molar-refractivity contribution is 5.33. The van der Waals surface area contributed by atoms with Gasteiger partial charge in [-0.1, -0.05) is 6.07 Å². The molecule has 0 amide bonds. The second-order valence-electron chi connectivity index (χ2n) is 3.27. The Labute approximate surface area is 89.9 Å². The summed E-state index contributed by atoms with van der Waals surface area (Å²) in [7, 11) is 1.46. The van der Waals surface area contributed by atoms with Crippen LogP contribution in [-0.2, 0) is 6.18 Å². The molecular weight excluding hydrogens is 226 g/mol. The monoisotopic (exact) mass is 237 g/mol. The number of hydrogen-bond donors (Lipinski definition) is 2. The largest absolute Gasteiger partial charge is 0.416 e. The van der Waals surface area contributed by atoms with Crippen LogP contribution in [0, 0.1) is 5.82 Å². The van der Waals surface area contributed by atoms with Gasteiger partial charge >= 0.3 is 6.18 Å². The third-order valence-corrected chi connectivity index (χ3v) is 2.09. The summed E-state index contributed by atoms with van der Waals surface area (Å²) in [5.74, 6) is -1.06. The third-order valence-electron chi connectivity index (χ3n) is 2.09. The highest BCUT2D eigenvalue weighted by Gasteiger charge is 2.36. The quantitative estimate of drug-likeness (QED) is 0.789. The fourth-order valence-corrected chi connectivity index (χ4v) is 1.42. The molecule has 6 heteroatoms. The van der Waals surface area contributed by atoms with Crippen LogP contribution in [-0.4, -0.2) is 18.7 Å². The standard InChI is InChI=1S/C10H11F4NO/c1-15-5-8(16)9-6(10(12,13)14)3-2-4-7(9)11/h2-4,8,15-16H,5H2,1H3. The van der Waals surface area contributed by atoms with Crippen LogP contribution in [0.2, 0.25) is 0 Å². The molecular formula is C10H11F4NO. The highest BCUT2D eigenvalue weighted by atomic mass is 19.4. The zero-order valence-corrected chi connectivity index (χ0v) is 8.48. The van der Waals surface area contributed by atoms with Crippen LogP contribution in [0.5, 0.6) is 0 Å². The summed E-state index contributed by atoms with van der Waals surface area (Å²) in [6, 6.07) is 2.61. The van der Waals surface area contributed by atoms with E-state index in [0.717, 1.165) is 18.2 Å². The van der Waals surface area contributed by atoms with E-state index in [0.29, 0.717) is 0 Å². The summed E-state index contributed by atoms with van der Waals surface area (Å²) in [5, 5.41) is 11.9. The van der Waals surface area contributed by atoms with E-state index in [1.54, 1.807) is 0 Å². The number of alkyl halides is 3. The number of benzene rings is 1. The van der Waals surface area contributed by atoms with E-state index in [9.17, 15) is 22.7 Å². The molecule has 1 aromatic carbocycles. The fourth-order valence-electron chi connectivity index (χ4n) is 1.42. The molecule has 2 nitrogen and oxygen atoms in total. The van der Waals surface area contributed by atoms with Crippen LogP contribution < -0.4 is 5.32 Å². The molecule has 0 aliphatic carbocycles. The molecule has 16 heavy (non-hydrogen) atoms. The Hall–Kier alpha value is -1.14. The lowest BCUT2D eigenvalue weighted by atomic mass is 10.0. The summed E-state index contributed by atoms with van der Waals surface area (Å²) in [6.07, 6.45) is -6.20. The minimum absolute atomic E-state index is 0.149. The number of aliphatic hydroxyl groups is 1. The molecule has 1 atom stereocenters. The van der Waals surface area contributed by atoms with Gasteiger partial charge in [-0.05, 0) is 19.2 Å². The van der Waals surface area contributed by atoms with E-state index in [2.05, 4.69) is 5.32 Å². The van der Waals surface area contributed by atoms with Crippen molar-refractivity contribution in [2.24, 2.45) is 0 Å². The maximum atomic E-state index is 13.3. The van der Waals surface area contributed by atoms with Gasteiger partial charge in [-0.15, -0.1) is 0 Å². The number of nitrogens with one attached hydrogen (secondary N) is 1. The Bertz CT molecular complexity index is 364. The minimum Gasteiger partial charge on any atom is -0.387 e. The smallest absolute Gasteiger partial charge is 0.387 e. The molecule has 0 fully saturated rings. The molecule has 1 unspecified atom stereocenters. The van der Waals surface area contributed by atoms with Gasteiger partial charge < -0.3 is 10.4 Å². The average molecular weight is 237 g/mol. The van der Waals surface area contributed by atoms with Gasteiger partial charge in [-0.3, -0.25) is 0 Å². The van der Waals surface area contributed by atoms with Crippen LogP contribution in [0.25, 0.3) is 0 Å². The maximum absolute atomic E-state index is 13.3. The lowest BCUT2D eigenvalue weighted by Gasteiger charge is -2.17. The van der Waals surface area contributed by atoms with Crippen LogP contribution in [0.4, 0.5) is 17.6 Å². The predicted octanol–water partition coefficient (Wildman–Crippen LogP) is 2.10. The van der Waals surface area contributed by atoms with Crippen LogP contribution in [0.15, 0.2) is 18.2 Å². The molecule has 0 aromatic heterocycles. The van der Waals surface area contributed by atoms with Crippen molar-refractivity contribution in [2.75, 3.05) is 13.6 Å². The zero-order chi connectivity index (χ0) is 12.3. The average Bonchev–Trinajstić information content (AvgIpc) is 2.16. The molecule has 0 bridgehead atoms. The van der Waals surface area contributed by atoms with E-state index in [4.69, 9.17) is 0 Å². The first-order valence-electron chi connectivity index (χ1n) is 4.56. The lowest BCUT2D eigenvalue weighted by molar-refractivity contribution is -0.139. The van der Waals surface area contributed by atoms with Crippen molar-refractivity contribution in [1.82, 2.24) is 5.32 Å². The van der Waals surface area contributed by atoms with Crippen molar-refractivity contribution in [3.8, 4) is 0 Å². The van der Waals surface area contributed by atoms with Crippen molar-refractivity contribution < 1.29 is 22.7 Å². The fraction of sp³-hybridized carbons (Fsp3) is 0.400. The van der Waals surface area contributed by atoms with E-state index in [-0.39, 0.29) is 6.54 Å². The number of halogens is 4. The molecule has 0 spiro atoms. The molecule has 0 saturated heterocycles. The van der Waals surface area contributed by atoms with Gasteiger partial charge in [0.1, 0.15) is 5.82 Å². The molecule has 1 aromatic rings. The number of likely N-dealkylation sites (N-methyl/N-ethyl adjacent to an activating group) is 1. The van der Waals surface area contributed by atoms with Gasteiger partial charge in [-0.25, -0.2) is 4.39 Å². The second kappa shape index (κ2) is 4.80. The molecule has 90 valence electrons. The Morgan fingerprint density at radius 1 is 1.38 bits per heavy atom. The number of hydrogen-bond acceptors (Lipinski definition) is 2. The first-order chi connectivity index (χ1) is 7.38. The van der Waals surface area contributed by atoms with Gasteiger partial charge in [0.25, 0.3) is 0 Å². The van der Waals surface area contributed by atoms with E-state index < -0.39 is 29.2 Å². The summed E-state index contributed by atoms with van der Waals surface area (Å²) in [4.78, 5) is 0. The van der Waals surface area contributed by atoms with Crippen LogP contribution in [0.1, 0.15) is 17.2 Å². The Balaban J connectivity index is 3.24. The van der Waals surface area contributed by atoms with E-state index >= 15 is 0 Å². The highest BCUT2D eigenvalue weighted by Crippen LogP contribution is 2.35. The summed E-state index contributed by atoms with van der Waals surface area (Å²) in [5.41, 5.74) is -1.86. The Morgan fingerprint density at radius 2 is 2.00 bits per heavy atom. The first kappa shape index (κ1) is 12.9. The van der Waals surface area contributed by atoms with Gasteiger partial charge in [-0.2, -0.15) is 13.2 Å². The molecule has 1 rings (SSSR count). The molecule has 2 N–H and O–H groups in total. The van der Waals surface area contributed by atoms with E-state index in [1.165, 1.54) is 7.05 Å². The number of aliphatic hydroxyl groups excluding tert-OH is 1. The molecule has 0 saturated carbocycles. The lowest BCUT2D eigenvalue weighted by Crippen LogP contribution is -2.21. The van der Waals surface area contributed by atoms with Crippen LogP contribution in [0.3, 0.4) is 0 Å². The van der Waals surface area contributed by atoms with Gasteiger partial charge in [0, 0.05) is 12.1 Å². The molecule has 0 heterocycles. The summed E-state index contributed by atoms with van der Waals surface area (Å²) < 4.78 is 50.9. The normalized spacial score (nSPS) is 13.9. The van der Waals surface area contributed by atoms with Crippen molar-refractivity contribution >= 4 is 0 Å². The van der Waals surface area contributed by atoms with Crippen LogP contribution >= 0.6 is 0 Å². The SMILES string of the molecule is CNCC(O)c1c(F)cccc1C(F)(F)F. The van der Waals surface area contributed by atoms with Gasteiger partial charge in [0.15, 0.2) is 0 Å². The van der Waals surface area contributed by atoms with Gasteiger partial charge in [0.05, 0.1) is 11.7 Å². The Kier molecular flexibility index (Phi) is 3.88. The topological polar surface area (TPSA) is 32.3 Å². The van der Waals surface area contributed by atoms with E-state index in [1.807, 2.05) is 0 Å². The minimum atomic E-state index is -4.67. The first-order valence-corrected chi connectivity index (χ1v) is 4.56. The summed E-state index contributed by atoms with van der Waals surface area (Å²) >= 11 is 0. The van der Waals surface area contributed by atoms with Gasteiger partial charge in [0.2, 0.25) is 0 Å². The zero-order valence-electron chi connectivity index (χ0n) is 8.48. The molecule has 0 aliphatic rings. The van der Waals surface area contributed by atoms with Crippen molar-refractivity contribution in [3.63, 3.8) is 0 Å². The van der Waals surface area contributed by atoms with Crippen molar-refractivity contribution in [2.45, 2.75) is 12.3 Å². The second-order valence-corrected chi connectivity index (χ2v) is 3.27.